The number of hydrogen-bond acceptors (Lipinski definition) is 1. The maximum Gasteiger partial charge on any atom is 0.433 e. The van der Waals surface area contributed by atoms with Crippen molar-refractivity contribution in [2.75, 3.05) is 0 Å². The molecule has 0 amide bonds. The van der Waals surface area contributed by atoms with Crippen LogP contribution >= 0.6 is 12.6 Å². The molecule has 0 aliphatic carbocycles. The van der Waals surface area contributed by atoms with Crippen molar-refractivity contribution >= 4 is 12.6 Å². The molecule has 1 radical (unpaired) electrons. The standard InChI is InChI=1S/C6H3F3NS/c7-6(8,9)5-2-1-4(11)3-10-5/h1-3H. The van der Waals surface area contributed by atoms with E-state index in [4.69, 9.17) is 0 Å². The normalized spacial score (nSPS) is 11.5. The molecule has 5 heteroatoms. The van der Waals surface area contributed by atoms with Gasteiger partial charge in [-0.3, -0.25) is 4.98 Å². The van der Waals surface area contributed by atoms with Gasteiger partial charge in [0.05, 0.1) is 4.90 Å². The van der Waals surface area contributed by atoms with Crippen LogP contribution in [0.4, 0.5) is 13.2 Å². The molecular weight excluding hydrogens is 175 g/mol. The number of rotatable bonds is 0. The Hall–Kier alpha value is -0.840. The number of aromatic nitrogens is 1. The molecule has 0 saturated carbocycles. The third kappa shape index (κ3) is 2.04. The fourth-order valence-corrected chi connectivity index (χ4v) is 0.669. The molecule has 0 N–H and O–H groups in total. The molecule has 0 aliphatic rings. The minimum atomic E-state index is -4.37. The Balaban J connectivity index is 2.99. The highest BCUT2D eigenvalue weighted by atomic mass is 32.1. The van der Waals surface area contributed by atoms with Gasteiger partial charge in [-0.05, 0) is 12.1 Å². The monoisotopic (exact) mass is 178 g/mol. The van der Waals surface area contributed by atoms with Crippen LogP contribution in [-0.2, 0) is 6.18 Å². The van der Waals surface area contributed by atoms with Gasteiger partial charge in [-0.15, -0.1) is 0 Å². The first-order valence-electron chi connectivity index (χ1n) is 2.70. The van der Waals surface area contributed by atoms with E-state index in [-0.39, 0.29) is 0 Å². The molecule has 0 unspecified atom stereocenters. The Bertz CT molecular complexity index is 241. The van der Waals surface area contributed by atoms with Crippen molar-refractivity contribution < 1.29 is 13.2 Å². The quantitative estimate of drug-likeness (QED) is 0.595. The van der Waals surface area contributed by atoms with Gasteiger partial charge in [-0.2, -0.15) is 13.2 Å². The van der Waals surface area contributed by atoms with Gasteiger partial charge in [0.15, 0.2) is 0 Å². The average Bonchev–Trinajstić information content (AvgIpc) is 1.86. The molecule has 0 atom stereocenters. The van der Waals surface area contributed by atoms with Crippen molar-refractivity contribution in [3.63, 3.8) is 0 Å². The molecule has 0 saturated heterocycles. The molecule has 0 aromatic carbocycles. The van der Waals surface area contributed by atoms with Crippen molar-refractivity contribution in [2.45, 2.75) is 11.1 Å². The van der Waals surface area contributed by atoms with Crippen LogP contribution in [0.25, 0.3) is 0 Å². The van der Waals surface area contributed by atoms with Crippen LogP contribution in [0, 0.1) is 0 Å². The Morgan fingerprint density at radius 1 is 1.27 bits per heavy atom. The van der Waals surface area contributed by atoms with E-state index < -0.39 is 11.9 Å². The van der Waals surface area contributed by atoms with E-state index in [2.05, 4.69) is 17.6 Å². The van der Waals surface area contributed by atoms with Crippen LogP contribution in [0.5, 0.6) is 0 Å². The predicted octanol–water partition coefficient (Wildman–Crippen LogP) is 2.66. The molecule has 0 spiro atoms. The fraction of sp³-hybridized carbons (Fsp3) is 0.167. The third-order valence-corrected chi connectivity index (χ3v) is 1.27. The first-order chi connectivity index (χ1) is 5.00. The van der Waals surface area contributed by atoms with Crippen molar-refractivity contribution in [1.29, 1.82) is 0 Å². The van der Waals surface area contributed by atoms with E-state index in [1.54, 1.807) is 0 Å². The van der Waals surface area contributed by atoms with Crippen molar-refractivity contribution in [3.8, 4) is 0 Å². The topological polar surface area (TPSA) is 12.9 Å². The molecule has 1 aromatic heterocycles. The number of hydrogen-bond donors (Lipinski definition) is 0. The van der Waals surface area contributed by atoms with Crippen LogP contribution < -0.4 is 0 Å². The summed E-state index contributed by atoms with van der Waals surface area (Å²) in [5, 5.41) is 0. The van der Waals surface area contributed by atoms with E-state index >= 15 is 0 Å². The Kier molecular flexibility index (Phi) is 1.99. The molecule has 1 rings (SSSR count). The van der Waals surface area contributed by atoms with Crippen LogP contribution in [0.3, 0.4) is 0 Å². The van der Waals surface area contributed by atoms with Crippen molar-refractivity contribution in [1.82, 2.24) is 4.98 Å². The molecular formula is C6H3F3NS. The van der Waals surface area contributed by atoms with E-state index in [1.165, 1.54) is 6.07 Å². The van der Waals surface area contributed by atoms with Gasteiger partial charge >= 0.3 is 6.18 Å². The van der Waals surface area contributed by atoms with Crippen LogP contribution in [0.15, 0.2) is 23.2 Å². The lowest BCUT2D eigenvalue weighted by Crippen LogP contribution is -2.06. The van der Waals surface area contributed by atoms with Gasteiger partial charge in [-0.1, -0.05) is 12.6 Å². The summed E-state index contributed by atoms with van der Waals surface area (Å²) in [5.41, 5.74) is -0.911. The minimum absolute atomic E-state index is 0.304. The molecule has 1 nitrogen and oxygen atoms in total. The molecule has 0 fully saturated rings. The summed E-state index contributed by atoms with van der Waals surface area (Å²) in [6, 6.07) is 2.06. The van der Waals surface area contributed by atoms with Crippen molar-refractivity contribution in [3.05, 3.63) is 24.0 Å². The number of halogens is 3. The zero-order valence-corrected chi connectivity index (χ0v) is 6.04. The second-order valence-electron chi connectivity index (χ2n) is 1.88. The second kappa shape index (κ2) is 2.65. The Morgan fingerprint density at radius 2 is 1.91 bits per heavy atom. The van der Waals surface area contributed by atoms with Crippen molar-refractivity contribution in [2.24, 2.45) is 0 Å². The lowest BCUT2D eigenvalue weighted by atomic mass is 10.3. The van der Waals surface area contributed by atoms with Crippen LogP contribution in [0.1, 0.15) is 5.69 Å². The first-order valence-corrected chi connectivity index (χ1v) is 3.11. The van der Waals surface area contributed by atoms with Crippen LogP contribution in [-0.4, -0.2) is 4.98 Å². The molecule has 1 heterocycles. The molecule has 1 aromatic rings. The van der Waals surface area contributed by atoms with Gasteiger partial charge in [-0.25, -0.2) is 0 Å². The fourth-order valence-electron chi connectivity index (χ4n) is 0.548. The summed E-state index contributed by atoms with van der Waals surface area (Å²) >= 11 is 4.56. The highest BCUT2D eigenvalue weighted by molar-refractivity contribution is 7.80. The van der Waals surface area contributed by atoms with E-state index in [9.17, 15) is 13.2 Å². The third-order valence-electron chi connectivity index (χ3n) is 1.03. The Labute approximate surface area is 66.7 Å². The zero-order valence-electron chi connectivity index (χ0n) is 5.22. The predicted molar refractivity (Wildman–Crippen MR) is 35.1 cm³/mol. The zero-order chi connectivity index (χ0) is 8.48. The highest BCUT2D eigenvalue weighted by Crippen LogP contribution is 2.27. The molecule has 0 aliphatic heterocycles. The molecule has 59 valence electrons. The average molecular weight is 178 g/mol. The number of alkyl halides is 3. The highest BCUT2D eigenvalue weighted by Gasteiger charge is 2.31. The van der Waals surface area contributed by atoms with Gasteiger partial charge in [0, 0.05) is 6.20 Å². The lowest BCUT2D eigenvalue weighted by Gasteiger charge is -2.03. The summed E-state index contributed by atoms with van der Waals surface area (Å²) in [6.45, 7) is 0. The van der Waals surface area contributed by atoms with Gasteiger partial charge in [0.1, 0.15) is 5.69 Å². The first kappa shape index (κ1) is 8.26. The van der Waals surface area contributed by atoms with Crippen LogP contribution in [0.2, 0.25) is 0 Å². The summed E-state index contributed by atoms with van der Waals surface area (Å²) in [6.07, 6.45) is -3.36. The smallest absolute Gasteiger partial charge is 0.250 e. The minimum Gasteiger partial charge on any atom is -0.250 e. The van der Waals surface area contributed by atoms with E-state index in [0.717, 1.165) is 12.3 Å². The Morgan fingerprint density at radius 3 is 2.27 bits per heavy atom. The maximum atomic E-state index is 11.8. The molecule has 11 heavy (non-hydrogen) atoms. The second-order valence-corrected chi connectivity index (χ2v) is 2.35. The largest absolute Gasteiger partial charge is 0.433 e. The van der Waals surface area contributed by atoms with Gasteiger partial charge < -0.3 is 0 Å². The number of pyridine rings is 1. The summed E-state index contributed by atoms with van der Waals surface area (Å²) < 4.78 is 35.5. The SMILES string of the molecule is FC(F)(F)c1ccc([S])cn1. The van der Waals surface area contributed by atoms with E-state index in [1.807, 2.05) is 0 Å². The van der Waals surface area contributed by atoms with Gasteiger partial charge in [0.2, 0.25) is 0 Å². The van der Waals surface area contributed by atoms with Gasteiger partial charge in [0.25, 0.3) is 0 Å². The van der Waals surface area contributed by atoms with E-state index in [0.29, 0.717) is 4.90 Å². The summed E-state index contributed by atoms with van der Waals surface area (Å²) in [4.78, 5) is 3.42. The maximum absolute atomic E-state index is 11.8. The lowest BCUT2D eigenvalue weighted by molar-refractivity contribution is -0.141. The summed E-state index contributed by atoms with van der Waals surface area (Å²) in [7, 11) is 0. The number of nitrogens with zero attached hydrogens (tertiary/aromatic N) is 1. The molecule has 0 bridgehead atoms. The summed E-state index contributed by atoms with van der Waals surface area (Å²) in [5.74, 6) is 0.